The number of aromatic nitrogens is 5. The predicted molar refractivity (Wildman–Crippen MR) is 146 cm³/mol. The van der Waals surface area contributed by atoms with Gasteiger partial charge in [0, 0.05) is 44.5 Å². The van der Waals surface area contributed by atoms with Crippen molar-refractivity contribution in [3.05, 3.63) is 41.1 Å². The maximum absolute atomic E-state index is 14.7. The van der Waals surface area contributed by atoms with Crippen LogP contribution in [-0.2, 0) is 7.05 Å². The Hall–Kier alpha value is -2.69. The first kappa shape index (κ1) is 27.9. The Balaban J connectivity index is 0.00000180. The molecule has 1 atom stereocenters. The molecule has 1 aliphatic heterocycles. The van der Waals surface area contributed by atoms with Crippen LogP contribution in [0.2, 0.25) is 0 Å². The molecule has 196 valence electrons. The lowest BCUT2D eigenvalue weighted by Crippen LogP contribution is -2.49. The quantitative estimate of drug-likeness (QED) is 0.414. The van der Waals surface area contributed by atoms with E-state index in [1.807, 2.05) is 30.9 Å². The van der Waals surface area contributed by atoms with Crippen molar-refractivity contribution in [1.82, 2.24) is 30.0 Å². The first-order valence-corrected chi connectivity index (χ1v) is 11.9. The summed E-state index contributed by atoms with van der Waals surface area (Å²) in [4.78, 5) is 16.0. The summed E-state index contributed by atoms with van der Waals surface area (Å²) in [5, 5.41) is 14.6. The fourth-order valence-electron chi connectivity index (χ4n) is 4.53. The highest BCUT2D eigenvalue weighted by molar-refractivity contribution is 5.85. The molecule has 12 heteroatoms. The molecule has 2 fully saturated rings. The minimum Gasteiger partial charge on any atom is -0.364 e. The Morgan fingerprint density at radius 2 is 1.86 bits per heavy atom. The van der Waals surface area contributed by atoms with Gasteiger partial charge < -0.3 is 20.9 Å². The Morgan fingerprint density at radius 1 is 1.08 bits per heavy atom. The molecule has 3 aromatic rings. The number of anilines is 5. The lowest BCUT2D eigenvalue weighted by atomic mass is 9.80. The van der Waals surface area contributed by atoms with Crippen molar-refractivity contribution in [2.75, 3.05) is 35.2 Å². The number of nitrogens with zero attached hydrogens (tertiary/aromatic N) is 6. The summed E-state index contributed by atoms with van der Waals surface area (Å²) in [6.45, 7) is 8.49. The third-order valence-corrected chi connectivity index (χ3v) is 6.78. The summed E-state index contributed by atoms with van der Waals surface area (Å²) in [6.07, 6.45) is 5.01. The summed E-state index contributed by atoms with van der Waals surface area (Å²) < 4.78 is 16.5. The van der Waals surface area contributed by atoms with Gasteiger partial charge in [0.1, 0.15) is 11.6 Å². The molecule has 0 radical (unpaired) electrons. The number of halogens is 3. The van der Waals surface area contributed by atoms with E-state index in [0.717, 1.165) is 61.7 Å². The summed E-state index contributed by atoms with van der Waals surface area (Å²) in [7, 11) is 1.91. The van der Waals surface area contributed by atoms with Crippen molar-refractivity contribution < 1.29 is 4.39 Å². The van der Waals surface area contributed by atoms with Gasteiger partial charge in [-0.3, -0.25) is 4.68 Å². The van der Waals surface area contributed by atoms with Crippen LogP contribution < -0.4 is 20.9 Å². The van der Waals surface area contributed by atoms with Crippen LogP contribution >= 0.6 is 24.8 Å². The Labute approximate surface area is 223 Å². The number of hydrogen-bond acceptors (Lipinski definition) is 8. The fourth-order valence-corrected chi connectivity index (χ4v) is 4.53. The van der Waals surface area contributed by atoms with E-state index in [4.69, 9.17) is 4.98 Å². The topological polar surface area (TPSA) is 95.8 Å². The van der Waals surface area contributed by atoms with Gasteiger partial charge in [-0.05, 0) is 51.2 Å². The van der Waals surface area contributed by atoms with E-state index in [9.17, 15) is 4.39 Å². The molecule has 0 aromatic carbocycles. The van der Waals surface area contributed by atoms with Gasteiger partial charge in [-0.15, -0.1) is 24.8 Å². The lowest BCUT2D eigenvalue weighted by Gasteiger charge is -2.34. The van der Waals surface area contributed by atoms with E-state index in [-0.39, 0.29) is 36.5 Å². The monoisotopic (exact) mass is 537 g/mol. The van der Waals surface area contributed by atoms with Crippen molar-refractivity contribution in [3.8, 4) is 0 Å². The predicted octanol–water partition coefficient (Wildman–Crippen LogP) is 4.76. The molecule has 1 saturated heterocycles. The Bertz CT molecular complexity index is 1180. The van der Waals surface area contributed by atoms with Crippen LogP contribution in [0.15, 0.2) is 18.3 Å². The zero-order valence-electron chi connectivity index (χ0n) is 21.0. The van der Waals surface area contributed by atoms with Crippen LogP contribution in [0.1, 0.15) is 49.1 Å². The number of piperazine rings is 1. The van der Waals surface area contributed by atoms with Crippen LogP contribution in [0.3, 0.4) is 0 Å². The van der Waals surface area contributed by atoms with Gasteiger partial charge in [-0.1, -0.05) is 6.42 Å². The number of hydrogen-bond donors (Lipinski definition) is 3. The molecule has 36 heavy (non-hydrogen) atoms. The van der Waals surface area contributed by atoms with Gasteiger partial charge in [-0.25, -0.2) is 14.4 Å². The summed E-state index contributed by atoms with van der Waals surface area (Å²) in [5.74, 6) is 2.42. The molecular weight excluding hydrogens is 504 g/mol. The van der Waals surface area contributed by atoms with Gasteiger partial charge in [-0.2, -0.15) is 10.1 Å². The molecule has 0 bridgehead atoms. The fraction of sp³-hybridized carbons (Fsp3) is 0.500. The summed E-state index contributed by atoms with van der Waals surface area (Å²) in [5.41, 5.74) is 3.08. The molecule has 1 aliphatic carbocycles. The molecule has 3 N–H and O–H groups in total. The number of aryl methyl sites for hydroxylation is 3. The Morgan fingerprint density at radius 3 is 2.50 bits per heavy atom. The lowest BCUT2D eigenvalue weighted by molar-refractivity contribution is 0.402. The highest BCUT2D eigenvalue weighted by atomic mass is 35.5. The molecule has 5 rings (SSSR count). The van der Waals surface area contributed by atoms with Gasteiger partial charge >= 0.3 is 0 Å². The van der Waals surface area contributed by atoms with Crippen LogP contribution in [0.5, 0.6) is 0 Å². The van der Waals surface area contributed by atoms with Crippen molar-refractivity contribution in [2.45, 2.75) is 52.0 Å². The maximum Gasteiger partial charge on any atom is 0.230 e. The van der Waals surface area contributed by atoms with E-state index < -0.39 is 0 Å². The standard InChI is InChI=1S/C24H32FN9.2ClH/c1-14-13-34(9-8-26-14)19-12-27-24(31-23(19)29-21-10-15(2)33(4)32-21)30-20-11-18(17-6-5-7-17)22(25)16(3)28-20;;/h10-12,14,17,26H,5-9,13H2,1-4H3,(H2,27,28,29,30,31,32);2*1H/t14-;;/m1../s1. The van der Waals surface area contributed by atoms with Crippen LogP contribution in [0.25, 0.3) is 0 Å². The van der Waals surface area contributed by atoms with Crippen molar-refractivity contribution in [1.29, 1.82) is 0 Å². The third kappa shape index (κ3) is 5.82. The molecule has 3 aromatic heterocycles. The highest BCUT2D eigenvalue weighted by Gasteiger charge is 2.25. The van der Waals surface area contributed by atoms with E-state index in [1.165, 1.54) is 0 Å². The van der Waals surface area contributed by atoms with Crippen molar-refractivity contribution >= 4 is 53.9 Å². The molecule has 0 unspecified atom stereocenters. The van der Waals surface area contributed by atoms with E-state index in [2.05, 4.69) is 42.8 Å². The van der Waals surface area contributed by atoms with Crippen LogP contribution in [0, 0.1) is 19.7 Å². The van der Waals surface area contributed by atoms with Crippen LogP contribution in [0.4, 0.5) is 33.5 Å². The first-order valence-electron chi connectivity index (χ1n) is 11.9. The second-order valence-corrected chi connectivity index (χ2v) is 9.40. The normalized spacial score (nSPS) is 17.6. The van der Waals surface area contributed by atoms with Gasteiger partial charge in [0.05, 0.1) is 17.6 Å². The third-order valence-electron chi connectivity index (χ3n) is 6.78. The molecular formula is C24H34Cl2FN9. The van der Waals surface area contributed by atoms with Crippen LogP contribution in [-0.4, -0.2) is 50.4 Å². The molecule has 9 nitrogen and oxygen atoms in total. The smallest absolute Gasteiger partial charge is 0.230 e. The molecule has 0 spiro atoms. The molecule has 2 aliphatic rings. The van der Waals surface area contributed by atoms with Crippen molar-refractivity contribution in [2.24, 2.45) is 7.05 Å². The SMILES string of the molecule is Cc1nc(Nc2ncc(N3CCN[C@H](C)C3)c(Nc3cc(C)n(C)n3)n2)cc(C2CCC2)c1F.Cl.Cl. The second-order valence-electron chi connectivity index (χ2n) is 9.40. The van der Waals surface area contributed by atoms with E-state index in [1.54, 1.807) is 13.0 Å². The van der Waals surface area contributed by atoms with Gasteiger partial charge in [0.2, 0.25) is 5.95 Å². The maximum atomic E-state index is 14.7. The zero-order chi connectivity index (χ0) is 23.8. The number of rotatable bonds is 6. The Kier molecular flexibility index (Phi) is 8.97. The summed E-state index contributed by atoms with van der Waals surface area (Å²) >= 11 is 0. The molecule has 4 heterocycles. The van der Waals surface area contributed by atoms with Gasteiger partial charge in [0.25, 0.3) is 0 Å². The second kappa shape index (κ2) is 11.6. The minimum absolute atomic E-state index is 0. The summed E-state index contributed by atoms with van der Waals surface area (Å²) in [6, 6.07) is 4.15. The zero-order valence-corrected chi connectivity index (χ0v) is 22.6. The van der Waals surface area contributed by atoms with Gasteiger partial charge in [0.15, 0.2) is 11.6 Å². The van der Waals surface area contributed by atoms with E-state index >= 15 is 0 Å². The largest absolute Gasteiger partial charge is 0.364 e. The van der Waals surface area contributed by atoms with E-state index in [0.29, 0.717) is 29.3 Å². The average molecular weight is 539 g/mol. The molecule has 1 saturated carbocycles. The van der Waals surface area contributed by atoms with Crippen molar-refractivity contribution in [3.63, 3.8) is 0 Å². The minimum atomic E-state index is -0.202. The molecule has 0 amide bonds. The number of pyridine rings is 1. The number of nitrogens with one attached hydrogen (secondary N) is 3. The first-order chi connectivity index (χ1) is 16.4. The average Bonchev–Trinajstić information content (AvgIpc) is 3.07. The highest BCUT2D eigenvalue weighted by Crippen LogP contribution is 2.39.